The zero-order valence-electron chi connectivity index (χ0n) is 12.6. The molecule has 0 aromatic heterocycles. The van der Waals surface area contributed by atoms with Gasteiger partial charge in [0.15, 0.2) is 0 Å². The van der Waals surface area contributed by atoms with Crippen molar-refractivity contribution in [3.05, 3.63) is 65.5 Å². The van der Waals surface area contributed by atoms with Crippen LogP contribution in [0, 0.1) is 5.82 Å². The fraction of sp³-hybridized carbons (Fsp3) is 0.333. The molecule has 3 heteroatoms. The van der Waals surface area contributed by atoms with E-state index in [1.807, 2.05) is 24.3 Å². The van der Waals surface area contributed by atoms with E-state index in [4.69, 9.17) is 4.74 Å². The van der Waals surface area contributed by atoms with Gasteiger partial charge < -0.3 is 10.1 Å². The predicted octanol–water partition coefficient (Wildman–Crippen LogP) is 3.95. The van der Waals surface area contributed by atoms with E-state index < -0.39 is 0 Å². The van der Waals surface area contributed by atoms with Gasteiger partial charge in [-0.15, -0.1) is 0 Å². The van der Waals surface area contributed by atoms with Crippen molar-refractivity contribution in [3.8, 4) is 5.75 Å². The first-order valence-electron chi connectivity index (χ1n) is 7.29. The Labute approximate surface area is 126 Å². The molecule has 0 radical (unpaired) electrons. The smallest absolute Gasteiger partial charge is 0.127 e. The van der Waals surface area contributed by atoms with Gasteiger partial charge in [-0.3, -0.25) is 0 Å². The third kappa shape index (κ3) is 4.87. The molecule has 1 atom stereocenters. The quantitative estimate of drug-likeness (QED) is 0.832. The number of halogens is 1. The number of rotatable bonds is 7. The van der Waals surface area contributed by atoms with Crippen molar-refractivity contribution in [1.82, 2.24) is 5.32 Å². The van der Waals surface area contributed by atoms with Crippen molar-refractivity contribution < 1.29 is 9.13 Å². The molecular weight excluding hydrogens is 265 g/mol. The Morgan fingerprint density at radius 3 is 2.48 bits per heavy atom. The second-order valence-corrected chi connectivity index (χ2v) is 5.26. The van der Waals surface area contributed by atoms with E-state index >= 15 is 0 Å². The maximum Gasteiger partial charge on any atom is 0.127 e. The first-order chi connectivity index (χ1) is 10.2. The molecule has 0 spiro atoms. The molecule has 0 aliphatic rings. The average molecular weight is 287 g/mol. The molecule has 0 unspecified atom stereocenters. The Balaban J connectivity index is 1.76. The molecule has 0 amide bonds. The maximum absolute atomic E-state index is 13.5. The summed E-state index contributed by atoms with van der Waals surface area (Å²) in [5.74, 6) is 0.733. The maximum atomic E-state index is 13.5. The molecule has 0 bridgehead atoms. The second-order valence-electron chi connectivity index (χ2n) is 5.26. The van der Waals surface area contributed by atoms with Crippen LogP contribution in [0.4, 0.5) is 4.39 Å². The highest BCUT2D eigenvalue weighted by Crippen LogP contribution is 2.13. The lowest BCUT2D eigenvalue weighted by molar-refractivity contribution is 0.414. The molecule has 0 aliphatic heterocycles. The van der Waals surface area contributed by atoms with E-state index in [1.54, 1.807) is 13.2 Å². The third-order valence-corrected chi connectivity index (χ3v) is 3.62. The van der Waals surface area contributed by atoms with Crippen LogP contribution < -0.4 is 10.1 Å². The predicted molar refractivity (Wildman–Crippen MR) is 84.0 cm³/mol. The summed E-state index contributed by atoms with van der Waals surface area (Å²) in [6.45, 7) is 2.70. The molecule has 0 heterocycles. The van der Waals surface area contributed by atoms with Gasteiger partial charge in [0.05, 0.1) is 7.11 Å². The molecule has 0 fully saturated rings. The Hall–Kier alpha value is -1.87. The highest BCUT2D eigenvalue weighted by atomic mass is 19.1. The van der Waals surface area contributed by atoms with Crippen molar-refractivity contribution in [2.75, 3.05) is 7.11 Å². The van der Waals surface area contributed by atoms with Crippen LogP contribution >= 0.6 is 0 Å². The normalized spacial score (nSPS) is 12.1. The van der Waals surface area contributed by atoms with Crippen molar-refractivity contribution in [1.29, 1.82) is 0 Å². The Morgan fingerprint density at radius 1 is 1.10 bits per heavy atom. The fourth-order valence-corrected chi connectivity index (χ4v) is 2.20. The van der Waals surface area contributed by atoms with E-state index in [0.717, 1.165) is 18.6 Å². The minimum absolute atomic E-state index is 0.146. The number of hydrogen-bond acceptors (Lipinski definition) is 2. The average Bonchev–Trinajstić information content (AvgIpc) is 2.52. The number of hydrogen-bond donors (Lipinski definition) is 1. The molecule has 0 saturated carbocycles. The molecule has 2 aromatic rings. The molecule has 1 N–H and O–H groups in total. The summed E-state index contributed by atoms with van der Waals surface area (Å²) < 4.78 is 18.7. The van der Waals surface area contributed by atoms with E-state index in [-0.39, 0.29) is 5.82 Å². The van der Waals surface area contributed by atoms with E-state index in [9.17, 15) is 4.39 Å². The second kappa shape index (κ2) is 7.79. The lowest BCUT2D eigenvalue weighted by atomic mass is 10.1. The standard InChI is InChI=1S/C18H22FNO/c1-14(20-13-16-5-3-4-6-18(16)19)7-8-15-9-11-17(21-2)12-10-15/h3-6,9-12,14,20H,7-8,13H2,1-2H3/t14-/m1/s1. The first kappa shape index (κ1) is 15.5. The monoisotopic (exact) mass is 287 g/mol. The molecule has 21 heavy (non-hydrogen) atoms. The number of aryl methyl sites for hydroxylation is 1. The van der Waals surface area contributed by atoms with E-state index in [1.165, 1.54) is 11.6 Å². The topological polar surface area (TPSA) is 21.3 Å². The van der Waals surface area contributed by atoms with Crippen LogP contribution in [0.1, 0.15) is 24.5 Å². The van der Waals surface area contributed by atoms with Crippen LogP contribution in [0.3, 0.4) is 0 Å². The molecule has 112 valence electrons. The lowest BCUT2D eigenvalue weighted by Crippen LogP contribution is -2.26. The zero-order valence-corrected chi connectivity index (χ0v) is 12.6. The summed E-state index contributed by atoms with van der Waals surface area (Å²) in [5.41, 5.74) is 2.00. The van der Waals surface area contributed by atoms with Gasteiger partial charge in [-0.2, -0.15) is 0 Å². The van der Waals surface area contributed by atoms with Gasteiger partial charge in [0.25, 0.3) is 0 Å². The number of nitrogens with one attached hydrogen (secondary N) is 1. The van der Waals surface area contributed by atoms with Gasteiger partial charge in [-0.1, -0.05) is 30.3 Å². The zero-order chi connectivity index (χ0) is 15.1. The van der Waals surface area contributed by atoms with Crippen molar-refractivity contribution >= 4 is 0 Å². The molecule has 0 aliphatic carbocycles. The van der Waals surface area contributed by atoms with Gasteiger partial charge in [0, 0.05) is 18.2 Å². The van der Waals surface area contributed by atoms with Crippen LogP contribution in [-0.4, -0.2) is 13.2 Å². The van der Waals surface area contributed by atoms with Crippen LogP contribution in [-0.2, 0) is 13.0 Å². The summed E-state index contributed by atoms with van der Waals surface area (Å²) in [7, 11) is 1.67. The minimum Gasteiger partial charge on any atom is -0.497 e. The van der Waals surface area contributed by atoms with Crippen LogP contribution in [0.2, 0.25) is 0 Å². The number of methoxy groups -OCH3 is 1. The summed E-state index contributed by atoms with van der Waals surface area (Å²) in [6.07, 6.45) is 2.01. The summed E-state index contributed by atoms with van der Waals surface area (Å²) in [6, 6.07) is 15.4. The third-order valence-electron chi connectivity index (χ3n) is 3.62. The van der Waals surface area contributed by atoms with Crippen molar-refractivity contribution in [2.24, 2.45) is 0 Å². The highest BCUT2D eigenvalue weighted by molar-refractivity contribution is 5.27. The van der Waals surface area contributed by atoms with E-state index in [0.29, 0.717) is 18.2 Å². The van der Waals surface area contributed by atoms with Gasteiger partial charge in [0.2, 0.25) is 0 Å². The Bertz CT molecular complexity index is 553. The Morgan fingerprint density at radius 2 is 1.81 bits per heavy atom. The summed E-state index contributed by atoms with van der Waals surface area (Å²) in [5, 5.41) is 3.37. The van der Waals surface area contributed by atoms with Crippen LogP contribution in [0.5, 0.6) is 5.75 Å². The number of ether oxygens (including phenoxy) is 1. The molecular formula is C18H22FNO. The summed E-state index contributed by atoms with van der Waals surface area (Å²) in [4.78, 5) is 0. The van der Waals surface area contributed by atoms with Gasteiger partial charge in [-0.25, -0.2) is 4.39 Å². The van der Waals surface area contributed by atoms with Gasteiger partial charge in [0.1, 0.15) is 11.6 Å². The Kier molecular flexibility index (Phi) is 5.76. The lowest BCUT2D eigenvalue weighted by Gasteiger charge is -2.14. The SMILES string of the molecule is COc1ccc(CC[C@@H](C)NCc2ccccc2F)cc1. The van der Waals surface area contributed by atoms with Crippen LogP contribution in [0.25, 0.3) is 0 Å². The fourth-order valence-electron chi connectivity index (χ4n) is 2.20. The molecule has 2 nitrogen and oxygen atoms in total. The summed E-state index contributed by atoms with van der Waals surface area (Å²) >= 11 is 0. The molecule has 0 saturated heterocycles. The van der Waals surface area contributed by atoms with Crippen molar-refractivity contribution in [3.63, 3.8) is 0 Å². The molecule has 2 rings (SSSR count). The van der Waals surface area contributed by atoms with Gasteiger partial charge >= 0.3 is 0 Å². The van der Waals surface area contributed by atoms with Gasteiger partial charge in [-0.05, 0) is 43.5 Å². The van der Waals surface area contributed by atoms with Crippen molar-refractivity contribution in [2.45, 2.75) is 32.4 Å². The highest BCUT2D eigenvalue weighted by Gasteiger charge is 2.05. The van der Waals surface area contributed by atoms with E-state index in [2.05, 4.69) is 24.4 Å². The molecule has 2 aromatic carbocycles. The largest absolute Gasteiger partial charge is 0.497 e. The number of benzene rings is 2. The minimum atomic E-state index is -0.146. The first-order valence-corrected chi connectivity index (χ1v) is 7.29. The van der Waals surface area contributed by atoms with Crippen LogP contribution in [0.15, 0.2) is 48.5 Å².